The second kappa shape index (κ2) is 5.71. The van der Waals surface area contributed by atoms with Gasteiger partial charge in [0.1, 0.15) is 16.1 Å². The van der Waals surface area contributed by atoms with Gasteiger partial charge in [0.15, 0.2) is 0 Å². The number of thiazole rings is 1. The van der Waals surface area contributed by atoms with E-state index in [2.05, 4.69) is 20.9 Å². The minimum Gasteiger partial charge on any atom is -0.491 e. The highest BCUT2D eigenvalue weighted by atomic mass is 79.9. The molecule has 1 aromatic heterocycles. The predicted molar refractivity (Wildman–Crippen MR) is 76.8 cm³/mol. The molecule has 0 N–H and O–H groups in total. The first-order chi connectivity index (χ1) is 8.54. The maximum atomic E-state index is 5.68. The lowest BCUT2D eigenvalue weighted by Gasteiger charge is -2.13. The Morgan fingerprint density at radius 2 is 2.11 bits per heavy atom. The standard InChI is InChI=1S/C13H14BrNO2S/c1-8(2)16-11-5-4-10(6-9(11)3)17-13-15-12(14)7-18-13/h4-8H,1-3H3. The molecule has 3 nitrogen and oxygen atoms in total. The van der Waals surface area contributed by atoms with E-state index in [0.29, 0.717) is 5.19 Å². The second-order valence-corrected chi connectivity index (χ2v) is 5.77. The van der Waals surface area contributed by atoms with Crippen molar-refractivity contribution in [2.75, 3.05) is 0 Å². The maximum Gasteiger partial charge on any atom is 0.279 e. The largest absolute Gasteiger partial charge is 0.491 e. The van der Waals surface area contributed by atoms with E-state index in [9.17, 15) is 0 Å². The summed E-state index contributed by atoms with van der Waals surface area (Å²) < 4.78 is 12.1. The van der Waals surface area contributed by atoms with Crippen LogP contribution >= 0.6 is 27.3 Å². The minimum atomic E-state index is 0.172. The first-order valence-electron chi connectivity index (χ1n) is 5.61. The summed E-state index contributed by atoms with van der Waals surface area (Å²) in [4.78, 5) is 4.19. The van der Waals surface area contributed by atoms with Crippen LogP contribution in [0.2, 0.25) is 0 Å². The molecule has 0 fully saturated rings. The van der Waals surface area contributed by atoms with Gasteiger partial charge in [0.25, 0.3) is 5.19 Å². The summed E-state index contributed by atoms with van der Waals surface area (Å²) in [5.41, 5.74) is 1.05. The van der Waals surface area contributed by atoms with Crippen LogP contribution in [0, 0.1) is 6.92 Å². The zero-order chi connectivity index (χ0) is 13.1. The summed E-state index contributed by atoms with van der Waals surface area (Å²) in [6, 6.07) is 5.76. The molecule has 0 bridgehead atoms. The molecule has 18 heavy (non-hydrogen) atoms. The summed E-state index contributed by atoms with van der Waals surface area (Å²) in [6.45, 7) is 6.02. The molecule has 96 valence electrons. The molecule has 1 aromatic carbocycles. The molecule has 2 aromatic rings. The summed E-state index contributed by atoms with van der Waals surface area (Å²) in [5, 5.41) is 2.51. The normalized spacial score (nSPS) is 10.7. The van der Waals surface area contributed by atoms with Crippen LogP contribution < -0.4 is 9.47 Å². The Kier molecular flexibility index (Phi) is 4.24. The van der Waals surface area contributed by atoms with Gasteiger partial charge in [-0.25, -0.2) is 0 Å². The molecule has 2 rings (SSSR count). The highest BCUT2D eigenvalue weighted by Crippen LogP contribution is 2.30. The molecule has 0 aliphatic heterocycles. The Morgan fingerprint density at radius 1 is 1.33 bits per heavy atom. The Balaban J connectivity index is 2.13. The average molecular weight is 328 g/mol. The third-order valence-corrected chi connectivity index (χ3v) is 3.60. The third-order valence-electron chi connectivity index (χ3n) is 2.17. The number of hydrogen-bond acceptors (Lipinski definition) is 4. The molecule has 0 unspecified atom stereocenters. The Bertz CT molecular complexity index is 540. The van der Waals surface area contributed by atoms with Crippen molar-refractivity contribution in [1.29, 1.82) is 0 Å². The summed E-state index contributed by atoms with van der Waals surface area (Å²) in [7, 11) is 0. The summed E-state index contributed by atoms with van der Waals surface area (Å²) in [5.74, 6) is 1.66. The van der Waals surface area contributed by atoms with E-state index in [-0.39, 0.29) is 6.10 Å². The Morgan fingerprint density at radius 3 is 2.67 bits per heavy atom. The number of aryl methyl sites for hydroxylation is 1. The summed E-state index contributed by atoms with van der Waals surface area (Å²) in [6.07, 6.45) is 0.172. The van der Waals surface area contributed by atoms with Gasteiger partial charge in [0, 0.05) is 5.38 Å². The molecule has 0 amide bonds. The van der Waals surface area contributed by atoms with Gasteiger partial charge < -0.3 is 9.47 Å². The van der Waals surface area contributed by atoms with Crippen LogP contribution in [-0.4, -0.2) is 11.1 Å². The zero-order valence-electron chi connectivity index (χ0n) is 10.4. The van der Waals surface area contributed by atoms with Crippen molar-refractivity contribution in [1.82, 2.24) is 4.98 Å². The number of rotatable bonds is 4. The molecular weight excluding hydrogens is 314 g/mol. The van der Waals surface area contributed by atoms with Gasteiger partial charge in [0.2, 0.25) is 0 Å². The van der Waals surface area contributed by atoms with E-state index in [1.807, 2.05) is 44.4 Å². The van der Waals surface area contributed by atoms with Crippen molar-refractivity contribution in [2.24, 2.45) is 0 Å². The number of hydrogen-bond donors (Lipinski definition) is 0. The van der Waals surface area contributed by atoms with Crippen molar-refractivity contribution < 1.29 is 9.47 Å². The topological polar surface area (TPSA) is 31.4 Å². The second-order valence-electron chi connectivity index (χ2n) is 4.13. The van der Waals surface area contributed by atoms with E-state index in [0.717, 1.165) is 21.7 Å². The molecule has 0 saturated heterocycles. The average Bonchev–Trinajstić information content (AvgIpc) is 2.68. The lowest BCUT2D eigenvalue weighted by Crippen LogP contribution is -2.06. The van der Waals surface area contributed by atoms with Gasteiger partial charge in [-0.15, -0.1) is 0 Å². The van der Waals surface area contributed by atoms with Crippen LogP contribution in [0.3, 0.4) is 0 Å². The van der Waals surface area contributed by atoms with Gasteiger partial charge in [-0.3, -0.25) is 0 Å². The fraction of sp³-hybridized carbons (Fsp3) is 0.308. The molecule has 0 aliphatic rings. The fourth-order valence-electron chi connectivity index (χ4n) is 1.46. The van der Waals surface area contributed by atoms with Crippen molar-refractivity contribution in [2.45, 2.75) is 26.9 Å². The predicted octanol–water partition coefficient (Wildman–Crippen LogP) is 4.79. The lowest BCUT2D eigenvalue weighted by atomic mass is 10.2. The van der Waals surface area contributed by atoms with Crippen LogP contribution in [0.25, 0.3) is 0 Å². The van der Waals surface area contributed by atoms with Crippen LogP contribution in [-0.2, 0) is 0 Å². The van der Waals surface area contributed by atoms with Crippen molar-refractivity contribution >= 4 is 27.3 Å². The number of ether oxygens (including phenoxy) is 2. The SMILES string of the molecule is Cc1cc(Oc2nc(Br)cs2)ccc1OC(C)C. The van der Waals surface area contributed by atoms with Crippen molar-refractivity contribution in [3.63, 3.8) is 0 Å². The smallest absolute Gasteiger partial charge is 0.279 e. The van der Waals surface area contributed by atoms with Crippen molar-refractivity contribution in [3.8, 4) is 16.7 Å². The van der Waals surface area contributed by atoms with Gasteiger partial charge >= 0.3 is 0 Å². The van der Waals surface area contributed by atoms with Gasteiger partial charge in [-0.1, -0.05) is 11.3 Å². The molecule has 0 spiro atoms. The van der Waals surface area contributed by atoms with E-state index in [1.165, 1.54) is 11.3 Å². The van der Waals surface area contributed by atoms with Crippen molar-refractivity contribution in [3.05, 3.63) is 33.7 Å². The number of halogens is 1. The Hall–Kier alpha value is -1.07. The molecule has 0 atom stereocenters. The molecule has 1 heterocycles. The Labute approximate surface area is 119 Å². The maximum absolute atomic E-state index is 5.68. The minimum absolute atomic E-state index is 0.172. The molecule has 0 radical (unpaired) electrons. The van der Waals surface area contributed by atoms with E-state index >= 15 is 0 Å². The van der Waals surface area contributed by atoms with E-state index < -0.39 is 0 Å². The first kappa shape index (κ1) is 13.4. The molecule has 0 saturated carbocycles. The van der Waals surface area contributed by atoms with E-state index in [1.54, 1.807) is 0 Å². The van der Waals surface area contributed by atoms with Gasteiger partial charge in [-0.2, -0.15) is 4.98 Å². The quantitative estimate of drug-likeness (QED) is 0.808. The first-order valence-corrected chi connectivity index (χ1v) is 7.28. The third kappa shape index (κ3) is 3.46. The number of benzene rings is 1. The summed E-state index contributed by atoms with van der Waals surface area (Å²) >= 11 is 4.75. The van der Waals surface area contributed by atoms with E-state index in [4.69, 9.17) is 9.47 Å². The number of aromatic nitrogens is 1. The molecule has 5 heteroatoms. The van der Waals surface area contributed by atoms with Crippen LogP contribution in [0.15, 0.2) is 28.2 Å². The monoisotopic (exact) mass is 327 g/mol. The molecule has 0 aliphatic carbocycles. The van der Waals surface area contributed by atoms with Gasteiger partial charge in [0.05, 0.1) is 6.10 Å². The lowest BCUT2D eigenvalue weighted by molar-refractivity contribution is 0.240. The zero-order valence-corrected chi connectivity index (χ0v) is 12.8. The van der Waals surface area contributed by atoms with Crippen LogP contribution in [0.1, 0.15) is 19.4 Å². The number of nitrogens with zero attached hydrogens (tertiary/aromatic N) is 1. The van der Waals surface area contributed by atoms with Crippen LogP contribution in [0.4, 0.5) is 0 Å². The van der Waals surface area contributed by atoms with Crippen LogP contribution in [0.5, 0.6) is 16.7 Å². The highest BCUT2D eigenvalue weighted by molar-refractivity contribution is 9.10. The molecular formula is C13H14BrNO2S. The van der Waals surface area contributed by atoms with Gasteiger partial charge in [-0.05, 0) is 60.5 Å². The highest BCUT2D eigenvalue weighted by Gasteiger charge is 2.06. The fourth-order valence-corrected chi connectivity index (χ4v) is 2.56.